The second-order valence-corrected chi connectivity index (χ2v) is 6.98. The van der Waals surface area contributed by atoms with Crippen molar-refractivity contribution in [3.63, 3.8) is 0 Å². The molecule has 2 aromatic rings. The van der Waals surface area contributed by atoms with Gasteiger partial charge in [-0.2, -0.15) is 0 Å². The molecule has 134 valence electrons. The molecular formula is C18H22N2O4S. The summed E-state index contributed by atoms with van der Waals surface area (Å²) >= 11 is 0. The van der Waals surface area contributed by atoms with Crippen molar-refractivity contribution in [3.8, 4) is 5.75 Å². The Kier molecular flexibility index (Phi) is 6.41. The first-order valence-corrected chi connectivity index (χ1v) is 9.53. The number of ether oxygens (including phenoxy) is 1. The number of rotatable bonds is 8. The summed E-state index contributed by atoms with van der Waals surface area (Å²) in [6.45, 7) is 4.99. The van der Waals surface area contributed by atoms with Crippen LogP contribution in [0.4, 0.5) is 5.69 Å². The number of sulfonamides is 1. The van der Waals surface area contributed by atoms with Crippen LogP contribution in [0.3, 0.4) is 0 Å². The third kappa shape index (κ3) is 5.22. The number of carbonyl (C=O) groups excluding carboxylic acids is 1. The molecule has 0 heterocycles. The Morgan fingerprint density at radius 3 is 2.16 bits per heavy atom. The molecule has 0 aliphatic rings. The third-order valence-electron chi connectivity index (χ3n) is 3.64. The highest BCUT2D eigenvalue weighted by atomic mass is 32.2. The van der Waals surface area contributed by atoms with Gasteiger partial charge in [0.25, 0.3) is 15.9 Å². The Balaban J connectivity index is 2.00. The van der Waals surface area contributed by atoms with Crippen LogP contribution in [0.1, 0.15) is 13.8 Å². The lowest BCUT2D eigenvalue weighted by Crippen LogP contribution is -2.34. The average molecular weight is 362 g/mol. The molecule has 0 fully saturated rings. The maximum atomic E-state index is 12.3. The van der Waals surface area contributed by atoms with Crippen molar-refractivity contribution in [1.82, 2.24) is 4.90 Å². The molecule has 0 unspecified atom stereocenters. The molecule has 7 heteroatoms. The van der Waals surface area contributed by atoms with E-state index in [9.17, 15) is 13.2 Å². The lowest BCUT2D eigenvalue weighted by molar-refractivity contribution is -0.132. The van der Waals surface area contributed by atoms with Gasteiger partial charge in [0.15, 0.2) is 6.61 Å². The standard InChI is InChI=1S/C18H22N2O4S/c1-3-20(4-2)18(21)14-24-16-10-12-17(13-11-16)25(22,23)19-15-8-6-5-7-9-15/h5-13,19H,3-4,14H2,1-2H3. The van der Waals surface area contributed by atoms with E-state index in [1.807, 2.05) is 19.9 Å². The smallest absolute Gasteiger partial charge is 0.261 e. The zero-order valence-corrected chi connectivity index (χ0v) is 15.1. The highest BCUT2D eigenvalue weighted by Crippen LogP contribution is 2.19. The van der Waals surface area contributed by atoms with Gasteiger partial charge in [0.05, 0.1) is 4.90 Å². The molecule has 0 aliphatic heterocycles. The average Bonchev–Trinajstić information content (AvgIpc) is 2.62. The van der Waals surface area contributed by atoms with Crippen LogP contribution < -0.4 is 9.46 Å². The highest BCUT2D eigenvalue weighted by molar-refractivity contribution is 7.92. The van der Waals surface area contributed by atoms with Crippen molar-refractivity contribution in [2.45, 2.75) is 18.7 Å². The van der Waals surface area contributed by atoms with Gasteiger partial charge in [-0.05, 0) is 50.2 Å². The zero-order chi connectivity index (χ0) is 18.3. The minimum atomic E-state index is -3.66. The normalized spacial score (nSPS) is 11.0. The van der Waals surface area contributed by atoms with Gasteiger partial charge in [0.2, 0.25) is 0 Å². The van der Waals surface area contributed by atoms with Crippen molar-refractivity contribution >= 4 is 21.6 Å². The van der Waals surface area contributed by atoms with Crippen LogP contribution in [0, 0.1) is 0 Å². The van der Waals surface area contributed by atoms with Gasteiger partial charge in [0.1, 0.15) is 5.75 Å². The maximum absolute atomic E-state index is 12.3. The van der Waals surface area contributed by atoms with Crippen LogP contribution in [-0.4, -0.2) is 38.9 Å². The summed E-state index contributed by atoms with van der Waals surface area (Å²) in [5.74, 6) is 0.339. The van der Waals surface area contributed by atoms with E-state index < -0.39 is 10.0 Å². The number of para-hydroxylation sites is 1. The molecule has 0 radical (unpaired) electrons. The number of nitrogens with one attached hydrogen (secondary N) is 1. The first kappa shape index (κ1) is 18.8. The lowest BCUT2D eigenvalue weighted by Gasteiger charge is -2.18. The Morgan fingerprint density at radius 2 is 1.60 bits per heavy atom. The molecule has 2 rings (SSSR count). The summed E-state index contributed by atoms with van der Waals surface area (Å²) in [6.07, 6.45) is 0. The lowest BCUT2D eigenvalue weighted by atomic mass is 10.3. The van der Waals surface area contributed by atoms with E-state index in [0.717, 1.165) is 0 Å². The Labute approximate surface area is 148 Å². The number of hydrogen-bond donors (Lipinski definition) is 1. The monoisotopic (exact) mass is 362 g/mol. The Hall–Kier alpha value is -2.54. The number of carbonyl (C=O) groups is 1. The predicted octanol–water partition coefficient (Wildman–Crippen LogP) is 2.73. The zero-order valence-electron chi connectivity index (χ0n) is 14.3. The van der Waals surface area contributed by atoms with Crippen LogP contribution in [0.5, 0.6) is 5.75 Å². The van der Waals surface area contributed by atoms with Crippen molar-refractivity contribution in [3.05, 3.63) is 54.6 Å². The molecule has 0 saturated carbocycles. The Morgan fingerprint density at radius 1 is 1.00 bits per heavy atom. The van der Waals surface area contributed by atoms with E-state index in [1.54, 1.807) is 29.2 Å². The third-order valence-corrected chi connectivity index (χ3v) is 5.04. The minimum Gasteiger partial charge on any atom is -0.484 e. The van der Waals surface area contributed by atoms with Gasteiger partial charge in [-0.25, -0.2) is 8.42 Å². The Bertz CT molecular complexity index is 786. The van der Waals surface area contributed by atoms with Crippen molar-refractivity contribution in [2.24, 2.45) is 0 Å². The number of hydrogen-bond acceptors (Lipinski definition) is 4. The van der Waals surface area contributed by atoms with Crippen molar-refractivity contribution < 1.29 is 17.9 Å². The number of likely N-dealkylation sites (N-methyl/N-ethyl adjacent to an activating group) is 1. The molecule has 2 aromatic carbocycles. The van der Waals surface area contributed by atoms with Crippen LogP contribution in [0.2, 0.25) is 0 Å². The second kappa shape index (κ2) is 8.53. The quantitative estimate of drug-likeness (QED) is 0.783. The highest BCUT2D eigenvalue weighted by Gasteiger charge is 2.15. The topological polar surface area (TPSA) is 75.7 Å². The molecule has 0 aromatic heterocycles. The number of amides is 1. The SMILES string of the molecule is CCN(CC)C(=O)COc1ccc(S(=O)(=O)Nc2ccccc2)cc1. The molecular weight excluding hydrogens is 340 g/mol. The van der Waals surface area contributed by atoms with Crippen LogP contribution in [-0.2, 0) is 14.8 Å². The van der Waals surface area contributed by atoms with E-state index >= 15 is 0 Å². The largest absolute Gasteiger partial charge is 0.484 e. The van der Waals surface area contributed by atoms with Gasteiger partial charge in [0, 0.05) is 18.8 Å². The van der Waals surface area contributed by atoms with Crippen molar-refractivity contribution in [1.29, 1.82) is 0 Å². The number of benzene rings is 2. The molecule has 0 aliphatic carbocycles. The summed E-state index contributed by atoms with van der Waals surface area (Å²) in [6, 6.07) is 14.6. The van der Waals surface area contributed by atoms with E-state index in [4.69, 9.17) is 4.74 Å². The van der Waals surface area contributed by atoms with Gasteiger partial charge >= 0.3 is 0 Å². The molecule has 25 heavy (non-hydrogen) atoms. The molecule has 0 spiro atoms. The molecule has 0 atom stereocenters. The van der Waals surface area contributed by atoms with E-state index in [2.05, 4.69) is 4.72 Å². The van der Waals surface area contributed by atoms with Gasteiger partial charge in [-0.15, -0.1) is 0 Å². The predicted molar refractivity (Wildman–Crippen MR) is 97.1 cm³/mol. The first-order valence-electron chi connectivity index (χ1n) is 8.04. The fourth-order valence-electron chi connectivity index (χ4n) is 2.25. The molecule has 0 saturated heterocycles. The summed E-state index contributed by atoms with van der Waals surface area (Å²) < 4.78 is 32.6. The molecule has 1 N–H and O–H groups in total. The van der Waals surface area contributed by atoms with Crippen LogP contribution in [0.15, 0.2) is 59.5 Å². The van der Waals surface area contributed by atoms with Gasteiger partial charge in [-0.1, -0.05) is 18.2 Å². The summed E-state index contributed by atoms with van der Waals surface area (Å²) in [5, 5.41) is 0. The fraction of sp³-hybridized carbons (Fsp3) is 0.278. The van der Waals surface area contributed by atoms with E-state index in [-0.39, 0.29) is 17.4 Å². The summed E-state index contributed by atoms with van der Waals surface area (Å²) in [4.78, 5) is 13.7. The van der Waals surface area contributed by atoms with E-state index in [0.29, 0.717) is 24.5 Å². The summed E-state index contributed by atoms with van der Waals surface area (Å²) in [7, 11) is -3.66. The first-order chi connectivity index (χ1) is 12.0. The summed E-state index contributed by atoms with van der Waals surface area (Å²) in [5.41, 5.74) is 0.493. The van der Waals surface area contributed by atoms with E-state index in [1.165, 1.54) is 24.3 Å². The van der Waals surface area contributed by atoms with Gasteiger partial charge in [-0.3, -0.25) is 9.52 Å². The minimum absolute atomic E-state index is 0.0734. The molecule has 1 amide bonds. The second-order valence-electron chi connectivity index (χ2n) is 5.30. The molecule has 0 bridgehead atoms. The fourth-order valence-corrected chi connectivity index (χ4v) is 3.31. The van der Waals surface area contributed by atoms with Crippen molar-refractivity contribution in [2.75, 3.05) is 24.4 Å². The molecule has 6 nitrogen and oxygen atoms in total. The number of nitrogens with zero attached hydrogens (tertiary/aromatic N) is 1. The van der Waals surface area contributed by atoms with Crippen LogP contribution >= 0.6 is 0 Å². The maximum Gasteiger partial charge on any atom is 0.261 e. The number of anilines is 1. The van der Waals surface area contributed by atoms with Gasteiger partial charge < -0.3 is 9.64 Å². The van der Waals surface area contributed by atoms with Crippen LogP contribution in [0.25, 0.3) is 0 Å².